The van der Waals surface area contributed by atoms with Crippen LogP contribution in [-0.2, 0) is 0 Å². The van der Waals surface area contributed by atoms with E-state index in [1.165, 1.54) is 12.1 Å². The first-order valence-corrected chi connectivity index (χ1v) is 5.30. The van der Waals surface area contributed by atoms with Crippen LogP contribution in [0.4, 0.5) is 5.69 Å². The Bertz CT molecular complexity index is 487. The van der Waals surface area contributed by atoms with E-state index in [0.29, 0.717) is 0 Å². The number of nitro groups is 1. The average Bonchev–Trinajstić information content (AvgIpc) is 2.93. The summed E-state index contributed by atoms with van der Waals surface area (Å²) in [4.78, 5) is 22.1. The predicted molar refractivity (Wildman–Crippen MR) is 61.7 cm³/mol. The minimum absolute atomic E-state index is 0.0252. The Kier molecular flexibility index (Phi) is 2.81. The molecule has 2 rings (SSSR count). The van der Waals surface area contributed by atoms with Crippen LogP contribution in [0.5, 0.6) is 0 Å². The Morgan fingerprint density at radius 1 is 1.59 bits per heavy atom. The monoisotopic (exact) mass is 235 g/mol. The highest BCUT2D eigenvalue weighted by Gasteiger charge is 2.36. The molecule has 1 aromatic carbocycles. The van der Waals surface area contributed by atoms with Crippen LogP contribution in [0.15, 0.2) is 18.2 Å². The molecule has 0 radical (unpaired) electrons. The molecule has 90 valence electrons. The van der Waals surface area contributed by atoms with Crippen molar-refractivity contribution in [2.45, 2.75) is 25.4 Å². The van der Waals surface area contributed by atoms with Gasteiger partial charge < -0.3 is 11.1 Å². The zero-order chi connectivity index (χ0) is 12.6. The van der Waals surface area contributed by atoms with Crippen molar-refractivity contribution >= 4 is 11.6 Å². The normalized spacial score (nSPS) is 22.0. The molecule has 0 bridgehead atoms. The summed E-state index contributed by atoms with van der Waals surface area (Å²) < 4.78 is 0. The quantitative estimate of drug-likeness (QED) is 0.596. The molecule has 1 aliphatic rings. The first kappa shape index (κ1) is 11.5. The molecule has 6 heteroatoms. The second-order valence-electron chi connectivity index (χ2n) is 4.26. The molecule has 0 spiro atoms. The third-order valence-electron chi connectivity index (χ3n) is 2.75. The summed E-state index contributed by atoms with van der Waals surface area (Å²) >= 11 is 0. The third kappa shape index (κ3) is 2.42. The van der Waals surface area contributed by atoms with Crippen molar-refractivity contribution in [2.24, 2.45) is 5.73 Å². The highest BCUT2D eigenvalue weighted by Crippen LogP contribution is 2.23. The zero-order valence-corrected chi connectivity index (χ0v) is 9.34. The summed E-state index contributed by atoms with van der Waals surface area (Å²) in [5.74, 6) is -0.432. The van der Waals surface area contributed by atoms with Gasteiger partial charge in [-0.25, -0.2) is 0 Å². The van der Waals surface area contributed by atoms with Crippen molar-refractivity contribution in [3.8, 4) is 0 Å². The van der Waals surface area contributed by atoms with Crippen molar-refractivity contribution in [2.75, 3.05) is 0 Å². The lowest BCUT2D eigenvalue weighted by Gasteiger charge is -2.05. The van der Waals surface area contributed by atoms with Crippen LogP contribution in [0, 0.1) is 17.0 Å². The second kappa shape index (κ2) is 4.14. The van der Waals surface area contributed by atoms with E-state index in [-0.39, 0.29) is 23.3 Å². The van der Waals surface area contributed by atoms with Gasteiger partial charge in [-0.1, -0.05) is 6.07 Å². The summed E-state index contributed by atoms with van der Waals surface area (Å²) in [6.07, 6.45) is 0.728. The molecule has 0 saturated heterocycles. The van der Waals surface area contributed by atoms with Gasteiger partial charge in [0.15, 0.2) is 0 Å². The van der Waals surface area contributed by atoms with Crippen LogP contribution in [0.1, 0.15) is 22.3 Å². The molecule has 1 aromatic rings. The maximum absolute atomic E-state index is 11.8. The highest BCUT2D eigenvalue weighted by atomic mass is 16.6. The van der Waals surface area contributed by atoms with Crippen LogP contribution >= 0.6 is 0 Å². The van der Waals surface area contributed by atoms with Gasteiger partial charge in [0, 0.05) is 18.2 Å². The number of nitrogens with one attached hydrogen (secondary N) is 1. The first-order chi connectivity index (χ1) is 7.99. The lowest BCUT2D eigenvalue weighted by molar-refractivity contribution is -0.385. The molecule has 0 aliphatic heterocycles. The average molecular weight is 235 g/mol. The number of aryl methyl sites for hydroxylation is 1. The summed E-state index contributed by atoms with van der Waals surface area (Å²) in [5, 5.41) is 13.5. The van der Waals surface area contributed by atoms with Crippen molar-refractivity contribution in [3.05, 3.63) is 39.4 Å². The van der Waals surface area contributed by atoms with E-state index >= 15 is 0 Å². The molecular weight excluding hydrogens is 222 g/mol. The van der Waals surface area contributed by atoms with Crippen LogP contribution in [-0.4, -0.2) is 22.9 Å². The van der Waals surface area contributed by atoms with Gasteiger partial charge in [-0.15, -0.1) is 0 Å². The number of nitro benzene ring substituents is 1. The SMILES string of the molecule is Cc1ccc([N+](=O)[O-])c(C(=O)NC2CC2N)c1. The number of amides is 1. The molecular formula is C11H13N3O3. The molecule has 1 fully saturated rings. The molecule has 0 heterocycles. The van der Waals surface area contributed by atoms with Crippen LogP contribution in [0.3, 0.4) is 0 Å². The van der Waals surface area contributed by atoms with Gasteiger partial charge in [0.1, 0.15) is 5.56 Å². The fourth-order valence-electron chi connectivity index (χ4n) is 1.62. The van der Waals surface area contributed by atoms with Gasteiger partial charge in [-0.2, -0.15) is 0 Å². The van der Waals surface area contributed by atoms with Crippen molar-refractivity contribution in [1.82, 2.24) is 5.32 Å². The Morgan fingerprint density at radius 2 is 2.24 bits per heavy atom. The maximum Gasteiger partial charge on any atom is 0.282 e. The van der Waals surface area contributed by atoms with Crippen molar-refractivity contribution < 1.29 is 9.72 Å². The number of benzene rings is 1. The first-order valence-electron chi connectivity index (χ1n) is 5.30. The minimum Gasteiger partial charge on any atom is -0.347 e. The topological polar surface area (TPSA) is 98.3 Å². The zero-order valence-electron chi connectivity index (χ0n) is 9.34. The van der Waals surface area contributed by atoms with Gasteiger partial charge in [-0.3, -0.25) is 14.9 Å². The number of carbonyl (C=O) groups is 1. The van der Waals surface area contributed by atoms with Crippen LogP contribution in [0.2, 0.25) is 0 Å². The maximum atomic E-state index is 11.8. The third-order valence-corrected chi connectivity index (χ3v) is 2.75. The molecule has 2 atom stereocenters. The van der Waals surface area contributed by atoms with Gasteiger partial charge in [-0.05, 0) is 25.0 Å². The number of hydrogen-bond acceptors (Lipinski definition) is 4. The second-order valence-corrected chi connectivity index (χ2v) is 4.26. The summed E-state index contributed by atoms with van der Waals surface area (Å²) in [6.45, 7) is 1.78. The fraction of sp³-hybridized carbons (Fsp3) is 0.364. The Hall–Kier alpha value is -1.95. The Balaban J connectivity index is 2.26. The lowest BCUT2D eigenvalue weighted by Crippen LogP contribution is -2.30. The molecule has 17 heavy (non-hydrogen) atoms. The lowest BCUT2D eigenvalue weighted by atomic mass is 10.1. The number of hydrogen-bond donors (Lipinski definition) is 2. The summed E-state index contributed by atoms with van der Waals surface area (Å²) in [5.41, 5.74) is 6.29. The molecule has 1 saturated carbocycles. The van der Waals surface area contributed by atoms with Gasteiger partial charge in [0.05, 0.1) is 4.92 Å². The molecule has 6 nitrogen and oxygen atoms in total. The predicted octanol–water partition coefficient (Wildman–Crippen LogP) is 0.733. The van der Waals surface area contributed by atoms with Crippen molar-refractivity contribution in [1.29, 1.82) is 0 Å². The molecule has 0 aromatic heterocycles. The van der Waals surface area contributed by atoms with Crippen LogP contribution in [0.25, 0.3) is 0 Å². The number of carbonyl (C=O) groups excluding carboxylic acids is 1. The molecule has 1 amide bonds. The van der Waals surface area contributed by atoms with Gasteiger partial charge in [0.25, 0.3) is 11.6 Å². The van der Waals surface area contributed by atoms with E-state index < -0.39 is 10.8 Å². The van der Waals surface area contributed by atoms with E-state index in [9.17, 15) is 14.9 Å². The highest BCUT2D eigenvalue weighted by molar-refractivity contribution is 5.98. The fourth-order valence-corrected chi connectivity index (χ4v) is 1.62. The minimum atomic E-state index is -0.554. The number of rotatable bonds is 3. The van der Waals surface area contributed by atoms with E-state index in [0.717, 1.165) is 12.0 Å². The molecule has 2 unspecified atom stereocenters. The van der Waals surface area contributed by atoms with E-state index in [1.54, 1.807) is 13.0 Å². The van der Waals surface area contributed by atoms with E-state index in [4.69, 9.17) is 5.73 Å². The van der Waals surface area contributed by atoms with Gasteiger partial charge in [0.2, 0.25) is 0 Å². The van der Waals surface area contributed by atoms with E-state index in [2.05, 4.69) is 5.32 Å². The van der Waals surface area contributed by atoms with Gasteiger partial charge >= 0.3 is 0 Å². The van der Waals surface area contributed by atoms with Crippen LogP contribution < -0.4 is 11.1 Å². The number of nitrogens with zero attached hydrogens (tertiary/aromatic N) is 1. The smallest absolute Gasteiger partial charge is 0.282 e. The van der Waals surface area contributed by atoms with Crippen molar-refractivity contribution in [3.63, 3.8) is 0 Å². The summed E-state index contributed by atoms with van der Waals surface area (Å²) in [7, 11) is 0. The molecule has 3 N–H and O–H groups in total. The number of nitrogens with two attached hydrogens (primary N) is 1. The molecule has 1 aliphatic carbocycles. The summed E-state index contributed by atoms with van der Waals surface area (Å²) in [6, 6.07) is 4.39. The standard InChI is InChI=1S/C11H13N3O3/c1-6-2-3-10(14(16)17)7(4-6)11(15)13-9-5-8(9)12/h2-4,8-9H,5,12H2,1H3,(H,13,15). The van der Waals surface area contributed by atoms with E-state index in [1.807, 2.05) is 0 Å². The largest absolute Gasteiger partial charge is 0.347 e. The Morgan fingerprint density at radius 3 is 2.76 bits per heavy atom. The Labute approximate surface area is 98.0 Å².